The lowest BCUT2D eigenvalue weighted by molar-refractivity contribution is 0.0691. The molecule has 4 nitrogen and oxygen atoms in total. The second kappa shape index (κ2) is 4.97. The molecular weight excluding hydrogens is 238 g/mol. The number of ether oxygens (including phenoxy) is 1. The van der Waals surface area contributed by atoms with Crippen LogP contribution in [0.1, 0.15) is 21.1 Å². The molecule has 2 aromatic rings. The predicted octanol–water partition coefficient (Wildman–Crippen LogP) is 2.44. The van der Waals surface area contributed by atoms with Crippen molar-refractivity contribution in [2.75, 3.05) is 7.11 Å². The van der Waals surface area contributed by atoms with Gasteiger partial charge in [-0.15, -0.1) is 11.3 Å². The first-order chi connectivity index (χ1) is 8.20. The number of methoxy groups -OCH3 is 1. The Kier molecular flexibility index (Phi) is 3.39. The van der Waals surface area contributed by atoms with Gasteiger partial charge in [0.2, 0.25) is 0 Å². The van der Waals surface area contributed by atoms with Crippen LogP contribution in [0.5, 0.6) is 5.75 Å². The van der Waals surface area contributed by atoms with Crippen LogP contribution in [0.25, 0.3) is 0 Å². The molecule has 1 N–H and O–H groups in total. The Labute approximate surface area is 103 Å². The Morgan fingerprint density at radius 3 is 2.88 bits per heavy atom. The van der Waals surface area contributed by atoms with Gasteiger partial charge in [-0.1, -0.05) is 18.2 Å². The highest BCUT2D eigenvalue weighted by molar-refractivity contribution is 7.09. The van der Waals surface area contributed by atoms with E-state index in [1.54, 1.807) is 12.5 Å². The van der Waals surface area contributed by atoms with E-state index in [9.17, 15) is 4.79 Å². The third-order valence-electron chi connectivity index (χ3n) is 2.31. The fourth-order valence-electron chi connectivity index (χ4n) is 1.50. The van der Waals surface area contributed by atoms with Gasteiger partial charge in [-0.2, -0.15) is 0 Å². The standard InChI is InChI=1S/C12H11NO3S/c1-16-10-5-3-2-4-8(10)6-11-13-9(7-17-11)12(14)15/h2-5,7H,6H2,1H3,(H,14,15). The first-order valence-corrected chi connectivity index (χ1v) is 5.88. The van der Waals surface area contributed by atoms with Crippen LogP contribution in [0.2, 0.25) is 0 Å². The third kappa shape index (κ3) is 2.62. The van der Waals surface area contributed by atoms with Crippen LogP contribution in [0.15, 0.2) is 29.6 Å². The SMILES string of the molecule is COc1ccccc1Cc1nc(C(=O)O)cs1. The van der Waals surface area contributed by atoms with E-state index in [4.69, 9.17) is 9.84 Å². The van der Waals surface area contributed by atoms with Crippen LogP contribution in [0.4, 0.5) is 0 Å². The second-order valence-electron chi connectivity index (χ2n) is 3.42. The average molecular weight is 249 g/mol. The van der Waals surface area contributed by atoms with Gasteiger partial charge in [0, 0.05) is 17.4 Å². The molecular formula is C12H11NO3S. The molecule has 0 saturated carbocycles. The van der Waals surface area contributed by atoms with Gasteiger partial charge in [0.05, 0.1) is 12.1 Å². The number of thiazole rings is 1. The summed E-state index contributed by atoms with van der Waals surface area (Å²) in [6.07, 6.45) is 0.585. The summed E-state index contributed by atoms with van der Waals surface area (Å²) < 4.78 is 5.23. The molecule has 5 heteroatoms. The zero-order chi connectivity index (χ0) is 12.3. The van der Waals surface area contributed by atoms with E-state index in [0.717, 1.165) is 16.3 Å². The number of benzene rings is 1. The summed E-state index contributed by atoms with van der Waals surface area (Å²) in [5.41, 5.74) is 1.10. The monoisotopic (exact) mass is 249 g/mol. The van der Waals surface area contributed by atoms with Crippen molar-refractivity contribution in [2.24, 2.45) is 0 Å². The second-order valence-corrected chi connectivity index (χ2v) is 4.36. The Balaban J connectivity index is 2.22. The summed E-state index contributed by atoms with van der Waals surface area (Å²) >= 11 is 1.34. The Morgan fingerprint density at radius 2 is 2.24 bits per heavy atom. The highest BCUT2D eigenvalue weighted by Crippen LogP contribution is 2.22. The highest BCUT2D eigenvalue weighted by Gasteiger charge is 2.10. The summed E-state index contributed by atoms with van der Waals surface area (Å²) in [7, 11) is 1.61. The summed E-state index contributed by atoms with van der Waals surface area (Å²) in [6.45, 7) is 0. The van der Waals surface area contributed by atoms with Gasteiger partial charge in [-0.3, -0.25) is 0 Å². The van der Waals surface area contributed by atoms with Crippen LogP contribution in [0, 0.1) is 0 Å². The van der Waals surface area contributed by atoms with E-state index in [2.05, 4.69) is 4.98 Å². The smallest absolute Gasteiger partial charge is 0.355 e. The summed E-state index contributed by atoms with van der Waals surface area (Å²) in [5.74, 6) is -0.202. The number of carboxylic acids is 1. The maximum Gasteiger partial charge on any atom is 0.355 e. The van der Waals surface area contributed by atoms with Crippen molar-refractivity contribution in [3.8, 4) is 5.75 Å². The number of aromatic carboxylic acids is 1. The number of aromatic nitrogens is 1. The van der Waals surface area contributed by atoms with Gasteiger partial charge in [-0.05, 0) is 6.07 Å². The molecule has 0 atom stereocenters. The quantitative estimate of drug-likeness (QED) is 0.904. The predicted molar refractivity (Wildman–Crippen MR) is 64.9 cm³/mol. The number of rotatable bonds is 4. The van der Waals surface area contributed by atoms with Crippen molar-refractivity contribution in [1.82, 2.24) is 4.98 Å². The minimum Gasteiger partial charge on any atom is -0.496 e. The van der Waals surface area contributed by atoms with Crippen molar-refractivity contribution in [3.05, 3.63) is 45.9 Å². The minimum absolute atomic E-state index is 0.0971. The van der Waals surface area contributed by atoms with Crippen LogP contribution in [-0.2, 0) is 6.42 Å². The summed E-state index contributed by atoms with van der Waals surface area (Å²) in [5, 5.41) is 11.1. The van der Waals surface area contributed by atoms with E-state index in [-0.39, 0.29) is 5.69 Å². The van der Waals surface area contributed by atoms with Crippen LogP contribution in [0.3, 0.4) is 0 Å². The molecule has 0 aliphatic heterocycles. The number of nitrogens with zero attached hydrogens (tertiary/aromatic N) is 1. The van der Waals surface area contributed by atoms with Crippen molar-refractivity contribution < 1.29 is 14.6 Å². The average Bonchev–Trinajstić information content (AvgIpc) is 2.78. The van der Waals surface area contributed by atoms with Crippen LogP contribution >= 0.6 is 11.3 Å². The van der Waals surface area contributed by atoms with Crippen LogP contribution in [-0.4, -0.2) is 23.2 Å². The molecule has 0 unspecified atom stereocenters. The number of hydrogen-bond donors (Lipinski definition) is 1. The maximum atomic E-state index is 10.7. The molecule has 1 aromatic carbocycles. The minimum atomic E-state index is -0.993. The molecule has 0 radical (unpaired) electrons. The molecule has 17 heavy (non-hydrogen) atoms. The molecule has 0 saturated heterocycles. The van der Waals surface area contributed by atoms with Gasteiger partial charge < -0.3 is 9.84 Å². The van der Waals surface area contributed by atoms with Gasteiger partial charge in [0.1, 0.15) is 5.75 Å². The topological polar surface area (TPSA) is 59.4 Å². The normalized spacial score (nSPS) is 10.2. The lowest BCUT2D eigenvalue weighted by atomic mass is 10.1. The fourth-order valence-corrected chi connectivity index (χ4v) is 2.29. The van der Waals surface area contributed by atoms with Crippen molar-refractivity contribution in [3.63, 3.8) is 0 Å². The largest absolute Gasteiger partial charge is 0.496 e. The Bertz CT molecular complexity index is 536. The van der Waals surface area contributed by atoms with E-state index in [1.165, 1.54) is 11.3 Å². The molecule has 0 spiro atoms. The Hall–Kier alpha value is -1.88. The third-order valence-corrected chi connectivity index (χ3v) is 3.15. The molecule has 1 heterocycles. The van der Waals surface area contributed by atoms with Crippen molar-refractivity contribution >= 4 is 17.3 Å². The number of carbonyl (C=O) groups is 1. The molecule has 1 aromatic heterocycles. The lowest BCUT2D eigenvalue weighted by Gasteiger charge is -2.05. The van der Waals surface area contributed by atoms with E-state index in [1.807, 2.05) is 24.3 Å². The fraction of sp³-hybridized carbons (Fsp3) is 0.167. The zero-order valence-electron chi connectivity index (χ0n) is 9.21. The molecule has 0 amide bonds. The lowest BCUT2D eigenvalue weighted by Crippen LogP contribution is -1.97. The number of hydrogen-bond acceptors (Lipinski definition) is 4. The van der Waals surface area contributed by atoms with Crippen molar-refractivity contribution in [1.29, 1.82) is 0 Å². The summed E-state index contributed by atoms with van der Waals surface area (Å²) in [6, 6.07) is 7.64. The molecule has 2 rings (SSSR count). The van der Waals surface area contributed by atoms with E-state index >= 15 is 0 Å². The Morgan fingerprint density at radius 1 is 1.47 bits per heavy atom. The van der Waals surface area contributed by atoms with Gasteiger partial charge in [0.15, 0.2) is 5.69 Å². The summed E-state index contributed by atoms with van der Waals surface area (Å²) in [4.78, 5) is 14.8. The molecule has 0 fully saturated rings. The van der Waals surface area contributed by atoms with E-state index in [0.29, 0.717) is 6.42 Å². The molecule has 0 aliphatic rings. The molecule has 0 aliphatic carbocycles. The van der Waals surface area contributed by atoms with Gasteiger partial charge in [-0.25, -0.2) is 9.78 Å². The number of carboxylic acid groups (broad SMARTS) is 1. The number of para-hydroxylation sites is 1. The van der Waals surface area contributed by atoms with E-state index < -0.39 is 5.97 Å². The first-order valence-electron chi connectivity index (χ1n) is 5.00. The highest BCUT2D eigenvalue weighted by atomic mass is 32.1. The van der Waals surface area contributed by atoms with Crippen LogP contribution < -0.4 is 4.74 Å². The maximum absolute atomic E-state index is 10.7. The molecule has 0 bridgehead atoms. The first kappa shape index (κ1) is 11.6. The van der Waals surface area contributed by atoms with Gasteiger partial charge >= 0.3 is 5.97 Å². The molecule has 88 valence electrons. The van der Waals surface area contributed by atoms with Crippen molar-refractivity contribution in [2.45, 2.75) is 6.42 Å². The van der Waals surface area contributed by atoms with Gasteiger partial charge in [0.25, 0.3) is 0 Å². The zero-order valence-corrected chi connectivity index (χ0v) is 10.0.